The number of aldehydes is 1. The number of carbonyl (C=O) groups excluding carboxylic acids is 2. The van der Waals surface area contributed by atoms with E-state index in [9.17, 15) is 18.4 Å². The Morgan fingerprint density at radius 1 is 1.50 bits per heavy atom. The van der Waals surface area contributed by atoms with Crippen molar-refractivity contribution in [1.29, 1.82) is 0 Å². The summed E-state index contributed by atoms with van der Waals surface area (Å²) in [4.78, 5) is 20.3. The predicted octanol–water partition coefficient (Wildman–Crippen LogP) is 2.00. The molecule has 0 heterocycles. The quantitative estimate of drug-likeness (QED) is 0.512. The average molecular weight is 199 g/mol. The van der Waals surface area contributed by atoms with Crippen molar-refractivity contribution in [1.82, 2.24) is 0 Å². The van der Waals surface area contributed by atoms with E-state index in [4.69, 9.17) is 0 Å². The topological polar surface area (TPSA) is 34.1 Å². The van der Waals surface area contributed by atoms with Gasteiger partial charge in [-0.2, -0.15) is 8.78 Å². The largest absolute Gasteiger partial charge is 0.325 e. The van der Waals surface area contributed by atoms with Gasteiger partial charge < -0.3 is 4.79 Å². The van der Waals surface area contributed by atoms with Crippen LogP contribution in [0, 0.1) is 5.41 Å². The Morgan fingerprint density at radius 3 is 2.17 bits per heavy atom. The maximum Gasteiger partial charge on any atom is 0.325 e. The maximum atomic E-state index is 12.9. The molecule has 0 spiro atoms. The smallest absolute Gasteiger partial charge is 0.303 e. The van der Waals surface area contributed by atoms with Gasteiger partial charge in [-0.3, -0.25) is 4.79 Å². The first-order valence-corrected chi connectivity index (χ1v) is 3.65. The second-order valence-corrected chi connectivity index (χ2v) is 3.45. The molecule has 0 aliphatic heterocycles. The van der Waals surface area contributed by atoms with E-state index in [1.54, 1.807) is 0 Å². The summed E-state index contributed by atoms with van der Waals surface area (Å²) in [5.41, 5.74) is -1.71. The molecule has 12 heavy (non-hydrogen) atoms. The lowest BCUT2D eigenvalue weighted by Crippen LogP contribution is -2.41. The highest BCUT2D eigenvalue weighted by atomic mass is 35.5. The number of carbonyl (C=O) groups is 2. The fourth-order valence-electron chi connectivity index (χ4n) is 0.603. The molecule has 0 aromatic rings. The van der Waals surface area contributed by atoms with Crippen molar-refractivity contribution in [3.8, 4) is 0 Å². The van der Waals surface area contributed by atoms with Gasteiger partial charge in [0.25, 0.3) is 5.24 Å². The third-order valence-corrected chi connectivity index (χ3v) is 1.93. The van der Waals surface area contributed by atoms with Crippen LogP contribution in [0.5, 0.6) is 0 Å². The van der Waals surface area contributed by atoms with Crippen LogP contribution in [0.1, 0.15) is 20.3 Å². The molecule has 0 saturated carbocycles. The highest BCUT2D eigenvalue weighted by molar-refractivity contribution is 6.65. The molecule has 0 rings (SSSR count). The minimum Gasteiger partial charge on any atom is -0.303 e. The van der Waals surface area contributed by atoms with Crippen LogP contribution in [-0.2, 0) is 9.59 Å². The van der Waals surface area contributed by atoms with Gasteiger partial charge in [-0.1, -0.05) is 13.8 Å². The lowest BCUT2D eigenvalue weighted by Gasteiger charge is -2.28. The fraction of sp³-hybridized carbons (Fsp3) is 0.714. The number of alkyl halides is 2. The van der Waals surface area contributed by atoms with Gasteiger partial charge in [0.15, 0.2) is 0 Å². The monoisotopic (exact) mass is 198 g/mol. The zero-order valence-corrected chi connectivity index (χ0v) is 7.49. The molecule has 0 saturated heterocycles. The maximum absolute atomic E-state index is 12.9. The molecule has 70 valence electrons. The second kappa shape index (κ2) is 3.47. The predicted molar refractivity (Wildman–Crippen MR) is 40.3 cm³/mol. The molecular formula is C7H9ClF2O2. The first-order valence-electron chi connectivity index (χ1n) is 3.27. The van der Waals surface area contributed by atoms with Crippen LogP contribution in [0.3, 0.4) is 0 Å². The summed E-state index contributed by atoms with van der Waals surface area (Å²) < 4.78 is 25.7. The Hall–Kier alpha value is -0.510. The van der Waals surface area contributed by atoms with Gasteiger partial charge in [-0.25, -0.2) is 0 Å². The SMILES string of the molecule is CC(C)(CC=O)C(F)(F)C(=O)Cl. The molecule has 0 aromatic heterocycles. The van der Waals surface area contributed by atoms with E-state index in [2.05, 4.69) is 11.6 Å². The third kappa shape index (κ3) is 2.00. The summed E-state index contributed by atoms with van der Waals surface area (Å²) in [6.45, 7) is 2.23. The van der Waals surface area contributed by atoms with Gasteiger partial charge >= 0.3 is 5.92 Å². The van der Waals surface area contributed by atoms with Crippen molar-refractivity contribution in [3.63, 3.8) is 0 Å². The summed E-state index contributed by atoms with van der Waals surface area (Å²) in [5, 5.41) is -1.73. The summed E-state index contributed by atoms with van der Waals surface area (Å²) >= 11 is 4.68. The molecule has 5 heteroatoms. The van der Waals surface area contributed by atoms with Crippen molar-refractivity contribution >= 4 is 23.1 Å². The van der Waals surface area contributed by atoms with E-state index in [0.717, 1.165) is 13.8 Å². The standard InChI is InChI=1S/C7H9ClF2O2/c1-6(2,3-4-11)7(9,10)5(8)12/h4H,3H2,1-2H3. The van der Waals surface area contributed by atoms with Crippen LogP contribution >= 0.6 is 11.6 Å². The van der Waals surface area contributed by atoms with Gasteiger partial charge in [-0.15, -0.1) is 0 Å². The van der Waals surface area contributed by atoms with Gasteiger partial charge in [0.05, 0.1) is 0 Å². The molecule has 2 nitrogen and oxygen atoms in total. The number of hydrogen-bond acceptors (Lipinski definition) is 2. The van der Waals surface area contributed by atoms with Crippen LogP contribution < -0.4 is 0 Å². The normalized spacial score (nSPS) is 12.8. The molecule has 0 aromatic carbocycles. The van der Waals surface area contributed by atoms with Crippen LogP contribution in [-0.4, -0.2) is 17.5 Å². The molecule has 0 bridgehead atoms. The average Bonchev–Trinajstić information content (AvgIpc) is 1.86. The summed E-state index contributed by atoms with van der Waals surface area (Å²) in [6, 6.07) is 0. The van der Waals surface area contributed by atoms with E-state index < -0.39 is 23.0 Å². The minimum absolute atomic E-state index is 0.341. The van der Waals surface area contributed by atoms with Gasteiger partial charge in [-0.05, 0) is 11.6 Å². The Kier molecular flexibility index (Phi) is 3.33. The Bertz CT molecular complexity index is 202. The first kappa shape index (κ1) is 11.5. The summed E-state index contributed by atoms with van der Waals surface area (Å²) in [5.74, 6) is -3.66. The van der Waals surface area contributed by atoms with Gasteiger partial charge in [0, 0.05) is 11.8 Å². The fourth-order valence-corrected chi connectivity index (χ4v) is 0.858. The molecule has 0 radical (unpaired) electrons. The molecule has 0 N–H and O–H groups in total. The third-order valence-electron chi connectivity index (χ3n) is 1.69. The van der Waals surface area contributed by atoms with Crippen molar-refractivity contribution < 1.29 is 18.4 Å². The van der Waals surface area contributed by atoms with Crippen LogP contribution in [0.15, 0.2) is 0 Å². The Morgan fingerprint density at radius 2 is 1.92 bits per heavy atom. The van der Waals surface area contributed by atoms with Crippen LogP contribution in [0.4, 0.5) is 8.78 Å². The highest BCUT2D eigenvalue weighted by Gasteiger charge is 2.51. The molecular weight excluding hydrogens is 190 g/mol. The molecule has 0 unspecified atom stereocenters. The van der Waals surface area contributed by atoms with Crippen molar-refractivity contribution in [2.24, 2.45) is 5.41 Å². The minimum atomic E-state index is -3.66. The van der Waals surface area contributed by atoms with E-state index >= 15 is 0 Å². The van der Waals surface area contributed by atoms with E-state index in [-0.39, 0.29) is 0 Å². The van der Waals surface area contributed by atoms with Gasteiger partial charge in [0.1, 0.15) is 6.29 Å². The number of hydrogen-bond donors (Lipinski definition) is 0. The zero-order chi connectivity index (χ0) is 9.99. The zero-order valence-electron chi connectivity index (χ0n) is 6.73. The Balaban J connectivity index is 4.73. The Labute approximate surface area is 73.9 Å². The molecule has 0 aliphatic rings. The van der Waals surface area contributed by atoms with E-state index in [1.807, 2.05) is 0 Å². The molecule has 0 fully saturated rings. The number of rotatable bonds is 4. The van der Waals surface area contributed by atoms with Gasteiger partial charge in [0.2, 0.25) is 0 Å². The molecule has 0 atom stereocenters. The van der Waals surface area contributed by atoms with Crippen LogP contribution in [0.25, 0.3) is 0 Å². The molecule has 0 aliphatic carbocycles. The lowest BCUT2D eigenvalue weighted by atomic mass is 9.83. The summed E-state index contributed by atoms with van der Waals surface area (Å²) in [6.07, 6.45) is -0.0633. The lowest BCUT2D eigenvalue weighted by molar-refractivity contribution is -0.154. The first-order chi connectivity index (χ1) is 5.25. The van der Waals surface area contributed by atoms with E-state index in [0.29, 0.717) is 6.29 Å². The number of halogens is 3. The van der Waals surface area contributed by atoms with Crippen LogP contribution in [0.2, 0.25) is 0 Å². The van der Waals surface area contributed by atoms with Crippen molar-refractivity contribution in [3.05, 3.63) is 0 Å². The van der Waals surface area contributed by atoms with E-state index in [1.165, 1.54) is 0 Å². The van der Waals surface area contributed by atoms with Crippen molar-refractivity contribution in [2.75, 3.05) is 0 Å². The van der Waals surface area contributed by atoms with Crippen molar-refractivity contribution in [2.45, 2.75) is 26.2 Å². The highest BCUT2D eigenvalue weighted by Crippen LogP contribution is 2.39. The summed E-state index contributed by atoms with van der Waals surface area (Å²) in [7, 11) is 0. The molecule has 0 amide bonds. The second-order valence-electron chi connectivity index (χ2n) is 3.10.